The van der Waals surface area contributed by atoms with E-state index < -0.39 is 0 Å². The third kappa shape index (κ3) is 1.22. The summed E-state index contributed by atoms with van der Waals surface area (Å²) < 4.78 is 0. The monoisotopic (exact) mass is 194 g/mol. The van der Waals surface area contributed by atoms with E-state index in [1.807, 2.05) is 0 Å². The lowest BCUT2D eigenvalue weighted by Gasteiger charge is -2.28. The van der Waals surface area contributed by atoms with E-state index in [1.165, 1.54) is 25.7 Å². The van der Waals surface area contributed by atoms with Crippen molar-refractivity contribution in [3.05, 3.63) is 0 Å². The van der Waals surface area contributed by atoms with Crippen molar-refractivity contribution in [2.24, 2.45) is 11.8 Å². The molecule has 1 saturated heterocycles. The molecule has 3 nitrogen and oxygen atoms in total. The largest absolute Gasteiger partial charge is 0.338 e. The summed E-state index contributed by atoms with van der Waals surface area (Å²) in [6, 6.07) is 0.799. The summed E-state index contributed by atoms with van der Waals surface area (Å²) >= 11 is 0. The third-order valence-corrected chi connectivity index (χ3v) is 4.08. The van der Waals surface area contributed by atoms with Crippen LogP contribution in [0.25, 0.3) is 0 Å². The summed E-state index contributed by atoms with van der Waals surface area (Å²) in [5, 5.41) is 2.95. The van der Waals surface area contributed by atoms with Crippen molar-refractivity contribution in [1.29, 1.82) is 0 Å². The van der Waals surface area contributed by atoms with Crippen LogP contribution in [0.5, 0.6) is 0 Å². The molecule has 2 atom stereocenters. The third-order valence-electron chi connectivity index (χ3n) is 4.08. The van der Waals surface area contributed by atoms with Crippen LogP contribution in [0.15, 0.2) is 0 Å². The van der Waals surface area contributed by atoms with Gasteiger partial charge in [0.15, 0.2) is 0 Å². The molecule has 3 rings (SSSR count). The summed E-state index contributed by atoms with van der Waals surface area (Å²) in [6.07, 6.45) is 6.61. The number of fused-ring (bicyclic) bond motifs is 1. The Morgan fingerprint density at radius 3 is 2.50 bits per heavy atom. The van der Waals surface area contributed by atoms with E-state index in [0.29, 0.717) is 6.04 Å². The minimum atomic E-state index is 0.190. The van der Waals surface area contributed by atoms with E-state index in [2.05, 4.69) is 10.2 Å². The Labute approximate surface area is 84.8 Å². The quantitative estimate of drug-likeness (QED) is 0.675. The molecule has 14 heavy (non-hydrogen) atoms. The van der Waals surface area contributed by atoms with E-state index >= 15 is 0 Å². The molecule has 0 radical (unpaired) electrons. The van der Waals surface area contributed by atoms with Gasteiger partial charge in [0.1, 0.15) is 0 Å². The van der Waals surface area contributed by atoms with Crippen LogP contribution in [0, 0.1) is 11.8 Å². The van der Waals surface area contributed by atoms with Gasteiger partial charge in [-0.25, -0.2) is 4.79 Å². The predicted molar refractivity (Wildman–Crippen MR) is 54.0 cm³/mol. The molecule has 2 unspecified atom stereocenters. The van der Waals surface area contributed by atoms with Gasteiger partial charge >= 0.3 is 6.03 Å². The lowest BCUT2D eigenvalue weighted by molar-refractivity contribution is 0.178. The zero-order valence-corrected chi connectivity index (χ0v) is 8.54. The molecule has 3 fully saturated rings. The molecule has 1 aliphatic heterocycles. The Hall–Kier alpha value is -0.730. The SMILES string of the molecule is O=C1NCCCN1C1C2CCCCC21. The number of carbonyl (C=O) groups is 1. The Kier molecular flexibility index (Phi) is 1.92. The summed E-state index contributed by atoms with van der Waals surface area (Å²) in [5.41, 5.74) is 0. The number of nitrogens with one attached hydrogen (secondary N) is 1. The van der Waals surface area contributed by atoms with Gasteiger partial charge in [-0.15, -0.1) is 0 Å². The molecule has 1 N–H and O–H groups in total. The van der Waals surface area contributed by atoms with Crippen molar-refractivity contribution in [3.8, 4) is 0 Å². The molecule has 3 heteroatoms. The average molecular weight is 194 g/mol. The molecule has 0 aromatic rings. The van der Waals surface area contributed by atoms with Crippen LogP contribution in [-0.2, 0) is 0 Å². The molecule has 1 heterocycles. The molecule has 0 aromatic carbocycles. The highest BCUT2D eigenvalue weighted by atomic mass is 16.2. The number of rotatable bonds is 1. The molecule has 2 aliphatic carbocycles. The smallest absolute Gasteiger partial charge is 0.317 e. The summed E-state index contributed by atoms with van der Waals surface area (Å²) in [7, 11) is 0. The molecule has 0 bridgehead atoms. The van der Waals surface area contributed by atoms with E-state index in [9.17, 15) is 4.79 Å². The predicted octanol–water partition coefficient (Wildman–Crippen LogP) is 1.59. The number of amides is 2. The van der Waals surface area contributed by atoms with Gasteiger partial charge in [0, 0.05) is 19.1 Å². The maximum absolute atomic E-state index is 11.6. The van der Waals surface area contributed by atoms with Crippen LogP contribution >= 0.6 is 0 Å². The highest BCUT2D eigenvalue weighted by molar-refractivity contribution is 5.75. The minimum Gasteiger partial charge on any atom is -0.338 e. The zero-order valence-electron chi connectivity index (χ0n) is 8.54. The number of nitrogens with zero attached hydrogens (tertiary/aromatic N) is 1. The van der Waals surface area contributed by atoms with Gasteiger partial charge in [-0.3, -0.25) is 0 Å². The lowest BCUT2D eigenvalue weighted by atomic mass is 10.0. The molecule has 2 saturated carbocycles. The van der Waals surface area contributed by atoms with E-state index in [4.69, 9.17) is 0 Å². The van der Waals surface area contributed by atoms with Gasteiger partial charge in [0.25, 0.3) is 0 Å². The lowest BCUT2D eigenvalue weighted by Crippen LogP contribution is -2.48. The van der Waals surface area contributed by atoms with Gasteiger partial charge in [0.2, 0.25) is 0 Å². The van der Waals surface area contributed by atoms with Gasteiger partial charge in [-0.05, 0) is 31.1 Å². The Morgan fingerprint density at radius 1 is 1.14 bits per heavy atom. The number of carbonyl (C=O) groups excluding carboxylic acids is 1. The summed E-state index contributed by atoms with van der Waals surface area (Å²) in [4.78, 5) is 13.7. The summed E-state index contributed by atoms with van der Waals surface area (Å²) in [6.45, 7) is 1.86. The van der Waals surface area contributed by atoms with Gasteiger partial charge in [-0.1, -0.05) is 12.8 Å². The Balaban J connectivity index is 1.68. The van der Waals surface area contributed by atoms with Crippen molar-refractivity contribution in [2.75, 3.05) is 13.1 Å². The van der Waals surface area contributed by atoms with Crippen LogP contribution in [0.3, 0.4) is 0 Å². The second-order valence-electron chi connectivity index (χ2n) is 4.88. The van der Waals surface area contributed by atoms with Crippen molar-refractivity contribution < 1.29 is 4.79 Å². The highest BCUT2D eigenvalue weighted by Gasteiger charge is 2.55. The van der Waals surface area contributed by atoms with E-state index in [1.54, 1.807) is 0 Å². The van der Waals surface area contributed by atoms with Gasteiger partial charge in [-0.2, -0.15) is 0 Å². The second-order valence-corrected chi connectivity index (χ2v) is 4.88. The van der Waals surface area contributed by atoms with Crippen molar-refractivity contribution in [2.45, 2.75) is 38.1 Å². The standard InChI is InChI=1S/C11H18N2O/c14-11-12-6-3-7-13(11)10-8-4-1-2-5-9(8)10/h8-10H,1-7H2,(H,12,14). The normalized spacial score (nSPS) is 41.6. The first kappa shape index (κ1) is 8.57. The zero-order chi connectivity index (χ0) is 9.54. The highest BCUT2D eigenvalue weighted by Crippen LogP contribution is 2.52. The number of hydrogen-bond donors (Lipinski definition) is 1. The van der Waals surface area contributed by atoms with Crippen molar-refractivity contribution in [3.63, 3.8) is 0 Å². The fourth-order valence-corrected chi connectivity index (χ4v) is 3.35. The fraction of sp³-hybridized carbons (Fsp3) is 0.909. The number of urea groups is 1. The second kappa shape index (κ2) is 3.14. The van der Waals surface area contributed by atoms with Crippen LogP contribution in [0.2, 0.25) is 0 Å². The van der Waals surface area contributed by atoms with E-state index in [0.717, 1.165) is 31.3 Å². The first-order valence-corrected chi connectivity index (χ1v) is 5.92. The minimum absolute atomic E-state index is 0.190. The number of hydrogen-bond acceptors (Lipinski definition) is 1. The van der Waals surface area contributed by atoms with Crippen LogP contribution in [-0.4, -0.2) is 30.1 Å². The first-order valence-electron chi connectivity index (χ1n) is 5.92. The summed E-state index contributed by atoms with van der Waals surface area (Å²) in [5.74, 6) is 1.71. The van der Waals surface area contributed by atoms with Crippen LogP contribution in [0.1, 0.15) is 32.1 Å². The van der Waals surface area contributed by atoms with Crippen LogP contribution < -0.4 is 5.32 Å². The molecule has 78 valence electrons. The molecule has 0 spiro atoms. The molecular formula is C11H18N2O. The average Bonchev–Trinajstić information content (AvgIpc) is 2.93. The fourth-order valence-electron chi connectivity index (χ4n) is 3.35. The molecular weight excluding hydrogens is 176 g/mol. The molecule has 2 amide bonds. The van der Waals surface area contributed by atoms with E-state index in [-0.39, 0.29) is 6.03 Å². The molecule has 3 aliphatic rings. The van der Waals surface area contributed by atoms with Gasteiger partial charge in [0.05, 0.1) is 0 Å². The van der Waals surface area contributed by atoms with Crippen molar-refractivity contribution in [1.82, 2.24) is 10.2 Å². The van der Waals surface area contributed by atoms with Gasteiger partial charge < -0.3 is 10.2 Å². The first-order chi connectivity index (χ1) is 6.88. The Morgan fingerprint density at radius 2 is 1.86 bits per heavy atom. The molecule has 0 aromatic heterocycles. The topological polar surface area (TPSA) is 32.3 Å². The van der Waals surface area contributed by atoms with Crippen molar-refractivity contribution >= 4 is 6.03 Å². The van der Waals surface area contributed by atoms with Crippen LogP contribution in [0.4, 0.5) is 4.79 Å². The maximum Gasteiger partial charge on any atom is 0.317 e. The Bertz CT molecular complexity index is 242. The maximum atomic E-state index is 11.6.